The van der Waals surface area contributed by atoms with Gasteiger partial charge < -0.3 is 4.98 Å². The van der Waals surface area contributed by atoms with Crippen molar-refractivity contribution in [1.82, 2.24) is 9.97 Å². The van der Waals surface area contributed by atoms with Crippen LogP contribution in [0, 0.1) is 0 Å². The SMILES string of the molecule is CCCCCc1nc(C(=O)C(F)(F)F)[nH]c1CCCCC. The van der Waals surface area contributed by atoms with E-state index in [0.717, 1.165) is 38.5 Å². The third-order valence-corrected chi connectivity index (χ3v) is 3.38. The van der Waals surface area contributed by atoms with Crippen LogP contribution in [0.3, 0.4) is 0 Å². The van der Waals surface area contributed by atoms with Gasteiger partial charge in [-0.1, -0.05) is 39.5 Å². The molecule has 21 heavy (non-hydrogen) atoms. The minimum atomic E-state index is -4.88. The van der Waals surface area contributed by atoms with Gasteiger partial charge in [-0.3, -0.25) is 4.79 Å². The maximum Gasteiger partial charge on any atom is 0.458 e. The highest BCUT2D eigenvalue weighted by Crippen LogP contribution is 2.22. The van der Waals surface area contributed by atoms with Crippen molar-refractivity contribution in [2.75, 3.05) is 0 Å². The molecule has 120 valence electrons. The third kappa shape index (κ3) is 5.52. The molecule has 6 heteroatoms. The Morgan fingerprint density at radius 2 is 1.62 bits per heavy atom. The van der Waals surface area contributed by atoms with E-state index in [2.05, 4.69) is 23.8 Å². The number of unbranched alkanes of at least 4 members (excludes halogenated alkanes) is 4. The highest BCUT2D eigenvalue weighted by atomic mass is 19.4. The van der Waals surface area contributed by atoms with Crippen molar-refractivity contribution in [2.45, 2.75) is 71.4 Å². The van der Waals surface area contributed by atoms with E-state index in [1.165, 1.54) is 0 Å². The summed E-state index contributed by atoms with van der Waals surface area (Å²) < 4.78 is 37.4. The first-order chi connectivity index (χ1) is 9.90. The van der Waals surface area contributed by atoms with Crippen molar-refractivity contribution in [2.24, 2.45) is 0 Å². The number of imidazole rings is 1. The van der Waals surface area contributed by atoms with Crippen LogP contribution < -0.4 is 0 Å². The molecule has 0 radical (unpaired) electrons. The first kappa shape index (κ1) is 17.7. The molecule has 0 saturated heterocycles. The summed E-state index contributed by atoms with van der Waals surface area (Å²) in [5.41, 5.74) is 1.30. The molecular weight excluding hydrogens is 281 g/mol. The fourth-order valence-electron chi connectivity index (χ4n) is 2.20. The smallest absolute Gasteiger partial charge is 0.339 e. The Labute approximate surface area is 123 Å². The number of alkyl halides is 3. The van der Waals surface area contributed by atoms with Gasteiger partial charge in [0.15, 0.2) is 5.82 Å². The van der Waals surface area contributed by atoms with Crippen LogP contribution in [0.25, 0.3) is 0 Å². The van der Waals surface area contributed by atoms with Gasteiger partial charge in [0.05, 0.1) is 5.69 Å². The summed E-state index contributed by atoms with van der Waals surface area (Å²) in [7, 11) is 0. The standard InChI is InChI=1S/C15H23F3N2O/c1-3-5-7-9-11-12(10-8-6-4-2)20-14(19-11)13(21)15(16,17)18/h3-10H2,1-2H3,(H,19,20). The number of nitrogens with one attached hydrogen (secondary N) is 1. The second kappa shape index (κ2) is 8.20. The third-order valence-electron chi connectivity index (χ3n) is 3.38. The van der Waals surface area contributed by atoms with Gasteiger partial charge in [0, 0.05) is 5.69 Å². The number of halogens is 3. The second-order valence-electron chi connectivity index (χ2n) is 5.25. The molecule has 0 fully saturated rings. The Kier molecular flexibility index (Phi) is 6.92. The minimum Gasteiger partial charge on any atom is -0.339 e. The van der Waals surface area contributed by atoms with Crippen LogP contribution in [0.1, 0.15) is 74.4 Å². The fraction of sp³-hybridized carbons (Fsp3) is 0.733. The highest BCUT2D eigenvalue weighted by molar-refractivity contribution is 5.97. The van der Waals surface area contributed by atoms with Crippen LogP contribution in [0.15, 0.2) is 0 Å². The molecule has 0 spiro atoms. The molecule has 1 heterocycles. The number of nitrogens with zero attached hydrogens (tertiary/aromatic N) is 1. The van der Waals surface area contributed by atoms with E-state index in [9.17, 15) is 18.0 Å². The molecule has 1 aromatic heterocycles. The van der Waals surface area contributed by atoms with Gasteiger partial charge >= 0.3 is 12.0 Å². The topological polar surface area (TPSA) is 45.8 Å². The normalized spacial score (nSPS) is 11.9. The van der Waals surface area contributed by atoms with Crippen molar-refractivity contribution >= 4 is 5.78 Å². The van der Waals surface area contributed by atoms with E-state index in [0.29, 0.717) is 24.2 Å². The number of aromatic amines is 1. The summed E-state index contributed by atoms with van der Waals surface area (Å²) in [6.07, 6.45) is 2.24. The van der Waals surface area contributed by atoms with E-state index in [-0.39, 0.29) is 0 Å². The molecule has 0 aromatic carbocycles. The number of aromatic nitrogens is 2. The average molecular weight is 304 g/mol. The van der Waals surface area contributed by atoms with Crippen LogP contribution in [0.2, 0.25) is 0 Å². The first-order valence-electron chi connectivity index (χ1n) is 7.59. The van der Waals surface area contributed by atoms with Gasteiger partial charge in [-0.2, -0.15) is 13.2 Å². The Bertz CT molecular complexity index is 425. The van der Waals surface area contributed by atoms with Gasteiger partial charge in [-0.25, -0.2) is 4.98 Å². The molecule has 0 atom stereocenters. The Balaban J connectivity index is 2.86. The molecule has 1 N–H and O–H groups in total. The maximum absolute atomic E-state index is 12.5. The molecule has 0 aliphatic heterocycles. The molecule has 1 aromatic rings. The van der Waals surface area contributed by atoms with E-state index in [4.69, 9.17) is 0 Å². The molecular formula is C15H23F3N2O. The monoisotopic (exact) mass is 304 g/mol. The molecule has 3 nitrogen and oxygen atoms in total. The molecule has 0 unspecified atom stereocenters. The molecule has 0 amide bonds. The Hall–Kier alpha value is -1.33. The fourth-order valence-corrected chi connectivity index (χ4v) is 2.20. The van der Waals surface area contributed by atoms with E-state index >= 15 is 0 Å². The van der Waals surface area contributed by atoms with Gasteiger partial charge in [-0.05, 0) is 25.7 Å². The van der Waals surface area contributed by atoms with Crippen LogP contribution in [-0.2, 0) is 12.8 Å². The van der Waals surface area contributed by atoms with Crippen LogP contribution >= 0.6 is 0 Å². The van der Waals surface area contributed by atoms with E-state index in [1.54, 1.807) is 0 Å². The summed E-state index contributed by atoms with van der Waals surface area (Å²) in [5.74, 6) is -2.46. The predicted octanol–water partition coefficient (Wildman–Crippen LogP) is 4.62. The number of rotatable bonds is 9. The zero-order valence-corrected chi connectivity index (χ0v) is 12.6. The number of hydrogen-bond donors (Lipinski definition) is 1. The Morgan fingerprint density at radius 3 is 2.14 bits per heavy atom. The van der Waals surface area contributed by atoms with Gasteiger partial charge in [0.1, 0.15) is 0 Å². The summed E-state index contributed by atoms with van der Waals surface area (Å²) in [4.78, 5) is 17.8. The summed E-state index contributed by atoms with van der Waals surface area (Å²) in [6.45, 7) is 4.12. The summed E-state index contributed by atoms with van der Waals surface area (Å²) in [5, 5.41) is 0. The second-order valence-corrected chi connectivity index (χ2v) is 5.25. The van der Waals surface area contributed by atoms with Crippen LogP contribution in [0.5, 0.6) is 0 Å². The lowest BCUT2D eigenvalue weighted by molar-refractivity contribution is -0.0891. The average Bonchev–Trinajstić information content (AvgIpc) is 2.81. The number of carbonyl (C=O) groups excluding carboxylic acids is 1. The zero-order valence-electron chi connectivity index (χ0n) is 12.6. The summed E-state index contributed by atoms with van der Waals surface area (Å²) in [6, 6.07) is 0. The molecule has 0 saturated carbocycles. The number of Topliss-reactive ketones (excluding diaryl/α,β-unsaturated/α-hetero) is 1. The number of aryl methyl sites for hydroxylation is 2. The van der Waals surface area contributed by atoms with Gasteiger partial charge in [0.2, 0.25) is 0 Å². The van der Waals surface area contributed by atoms with E-state index in [1.807, 2.05) is 0 Å². The number of ketones is 1. The molecule has 0 aliphatic carbocycles. The van der Waals surface area contributed by atoms with Crippen molar-refractivity contribution in [3.63, 3.8) is 0 Å². The van der Waals surface area contributed by atoms with Crippen LogP contribution in [-0.4, -0.2) is 21.9 Å². The summed E-state index contributed by atoms with van der Waals surface area (Å²) >= 11 is 0. The minimum absolute atomic E-state index is 0.569. The number of carbonyl (C=O) groups is 1. The number of H-pyrrole nitrogens is 1. The maximum atomic E-state index is 12.5. The largest absolute Gasteiger partial charge is 0.458 e. The van der Waals surface area contributed by atoms with E-state index < -0.39 is 17.8 Å². The first-order valence-corrected chi connectivity index (χ1v) is 7.59. The van der Waals surface area contributed by atoms with Crippen molar-refractivity contribution in [3.05, 3.63) is 17.2 Å². The predicted molar refractivity (Wildman–Crippen MR) is 75.4 cm³/mol. The molecule has 0 bridgehead atoms. The lowest BCUT2D eigenvalue weighted by Gasteiger charge is -2.02. The van der Waals surface area contributed by atoms with Crippen molar-refractivity contribution in [1.29, 1.82) is 0 Å². The highest BCUT2D eigenvalue weighted by Gasteiger charge is 2.41. The molecule has 1 rings (SSSR count). The zero-order chi connectivity index (χ0) is 15.9. The van der Waals surface area contributed by atoms with Gasteiger partial charge in [-0.15, -0.1) is 0 Å². The molecule has 0 aliphatic rings. The number of hydrogen-bond acceptors (Lipinski definition) is 2. The Morgan fingerprint density at radius 1 is 1.05 bits per heavy atom. The lowest BCUT2D eigenvalue weighted by Crippen LogP contribution is -2.24. The lowest BCUT2D eigenvalue weighted by atomic mass is 10.1. The quantitative estimate of drug-likeness (QED) is 0.534. The van der Waals surface area contributed by atoms with Gasteiger partial charge in [0.25, 0.3) is 0 Å². The van der Waals surface area contributed by atoms with Crippen molar-refractivity contribution < 1.29 is 18.0 Å². The van der Waals surface area contributed by atoms with Crippen molar-refractivity contribution in [3.8, 4) is 0 Å². The van der Waals surface area contributed by atoms with Crippen LogP contribution in [0.4, 0.5) is 13.2 Å².